The van der Waals surface area contributed by atoms with Gasteiger partial charge < -0.3 is 36.5 Å². The molecule has 6 N–H and O–H groups in total. The first-order valence-electron chi connectivity index (χ1n) is 9.74. The van der Waals surface area contributed by atoms with E-state index in [4.69, 9.17) is 5.73 Å². The van der Waals surface area contributed by atoms with Crippen molar-refractivity contribution in [2.45, 2.75) is 69.6 Å². The Labute approximate surface area is 168 Å². The number of carbonyl (C=O) groups excluding carboxylic acids is 4. The largest absolute Gasteiger partial charge is 0.550 e. The number of hydrogen-bond acceptors (Lipinski definition) is 7. The molecule has 0 aliphatic heterocycles. The van der Waals surface area contributed by atoms with E-state index in [1.165, 1.54) is 6.08 Å². The molecule has 10 nitrogen and oxygen atoms in total. The standard InChI is InChI=1S/C19H29N3O7/c20-14(24)3-6-21-18(29)11-7-12(17(28)13(23)8-11)22-15(25)9-19(10-16(26)27)4-1-2-5-19/h7,12-13,17,23,28H,1-6,8-10H2,(H2,20,24)(H,21,29)(H,22,25)(H,26,27)/p-1/t12-,13-,17-/m1/s1. The van der Waals surface area contributed by atoms with Gasteiger partial charge in [0.25, 0.3) is 0 Å². The minimum absolute atomic E-state index is 0.0335. The molecule has 1 saturated carbocycles. The number of aliphatic hydroxyl groups excluding tert-OH is 2. The Morgan fingerprint density at radius 1 is 1.17 bits per heavy atom. The molecule has 0 spiro atoms. The van der Waals surface area contributed by atoms with Crippen molar-refractivity contribution in [1.29, 1.82) is 0 Å². The molecular formula is C19H28N3O7-. The van der Waals surface area contributed by atoms with Crippen LogP contribution < -0.4 is 21.5 Å². The normalized spacial score (nSPS) is 25.7. The first kappa shape index (κ1) is 22.8. The summed E-state index contributed by atoms with van der Waals surface area (Å²) in [5, 5.41) is 36.4. The van der Waals surface area contributed by atoms with Gasteiger partial charge in [-0.2, -0.15) is 0 Å². The molecule has 10 heteroatoms. The molecule has 162 valence electrons. The molecule has 0 heterocycles. The highest BCUT2D eigenvalue weighted by Gasteiger charge is 2.38. The van der Waals surface area contributed by atoms with E-state index in [-0.39, 0.29) is 37.8 Å². The lowest BCUT2D eigenvalue weighted by atomic mass is 9.79. The Morgan fingerprint density at radius 3 is 2.41 bits per heavy atom. The summed E-state index contributed by atoms with van der Waals surface area (Å²) in [5.41, 5.74) is 4.52. The van der Waals surface area contributed by atoms with E-state index < -0.39 is 47.4 Å². The van der Waals surface area contributed by atoms with Crippen molar-refractivity contribution < 1.29 is 34.5 Å². The van der Waals surface area contributed by atoms with Crippen molar-refractivity contribution in [3.05, 3.63) is 11.6 Å². The Bertz CT molecular complexity index is 685. The molecule has 29 heavy (non-hydrogen) atoms. The van der Waals surface area contributed by atoms with Gasteiger partial charge in [-0.3, -0.25) is 14.4 Å². The highest BCUT2D eigenvalue weighted by atomic mass is 16.4. The van der Waals surface area contributed by atoms with E-state index in [0.29, 0.717) is 12.8 Å². The van der Waals surface area contributed by atoms with Crippen LogP contribution in [0.25, 0.3) is 0 Å². The van der Waals surface area contributed by atoms with Crippen molar-refractivity contribution in [3.8, 4) is 0 Å². The van der Waals surface area contributed by atoms with Gasteiger partial charge >= 0.3 is 0 Å². The molecule has 2 rings (SSSR count). The van der Waals surface area contributed by atoms with Gasteiger partial charge in [0.15, 0.2) is 0 Å². The number of carboxylic acid groups (broad SMARTS) is 1. The summed E-state index contributed by atoms with van der Waals surface area (Å²) in [6.07, 6.45) is 1.30. The molecule has 0 radical (unpaired) electrons. The van der Waals surface area contributed by atoms with Crippen LogP contribution in [0.5, 0.6) is 0 Å². The molecule has 3 atom stereocenters. The van der Waals surface area contributed by atoms with Gasteiger partial charge in [-0.05, 0) is 24.7 Å². The maximum Gasteiger partial charge on any atom is 0.247 e. The first-order chi connectivity index (χ1) is 13.6. The lowest BCUT2D eigenvalue weighted by Crippen LogP contribution is -2.51. The molecular weight excluding hydrogens is 382 g/mol. The van der Waals surface area contributed by atoms with E-state index in [0.717, 1.165) is 12.8 Å². The summed E-state index contributed by atoms with van der Waals surface area (Å²) < 4.78 is 0. The molecule has 1 fully saturated rings. The quantitative estimate of drug-likeness (QED) is 0.281. The molecule has 2 aliphatic carbocycles. The highest BCUT2D eigenvalue weighted by molar-refractivity contribution is 5.94. The average Bonchev–Trinajstić information content (AvgIpc) is 3.05. The van der Waals surface area contributed by atoms with Gasteiger partial charge in [0.05, 0.1) is 12.1 Å². The van der Waals surface area contributed by atoms with Crippen LogP contribution in [0.1, 0.15) is 51.4 Å². The topological polar surface area (TPSA) is 182 Å². The summed E-state index contributed by atoms with van der Waals surface area (Å²) in [6.45, 7) is 0.0346. The van der Waals surface area contributed by atoms with Crippen molar-refractivity contribution >= 4 is 23.7 Å². The molecule has 0 aromatic carbocycles. The Morgan fingerprint density at radius 2 is 1.83 bits per heavy atom. The lowest BCUT2D eigenvalue weighted by Gasteiger charge is -2.33. The van der Waals surface area contributed by atoms with E-state index in [1.807, 2.05) is 0 Å². The zero-order chi connectivity index (χ0) is 21.6. The third-order valence-electron chi connectivity index (χ3n) is 5.57. The minimum atomic E-state index is -1.30. The maximum absolute atomic E-state index is 12.5. The summed E-state index contributed by atoms with van der Waals surface area (Å²) in [4.78, 5) is 46.6. The molecule has 2 aliphatic rings. The second-order valence-corrected chi connectivity index (χ2v) is 7.95. The number of nitrogens with two attached hydrogens (primary N) is 1. The summed E-state index contributed by atoms with van der Waals surface area (Å²) >= 11 is 0. The van der Waals surface area contributed by atoms with Crippen LogP contribution in [-0.2, 0) is 19.2 Å². The fourth-order valence-electron chi connectivity index (χ4n) is 4.10. The number of aliphatic carboxylic acids is 1. The van der Waals surface area contributed by atoms with E-state index in [2.05, 4.69) is 10.6 Å². The molecule has 0 aromatic rings. The Balaban J connectivity index is 2.02. The number of primary amides is 1. The molecule has 0 saturated heterocycles. The predicted octanol–water partition coefficient (Wildman–Crippen LogP) is -2.39. The zero-order valence-corrected chi connectivity index (χ0v) is 16.2. The maximum atomic E-state index is 12.5. The Kier molecular flexibility index (Phi) is 7.74. The van der Waals surface area contributed by atoms with Crippen molar-refractivity contribution in [1.82, 2.24) is 10.6 Å². The SMILES string of the molecule is NC(=O)CCNC(=O)C1=C[C@@H](NC(=O)CC2(CC(=O)[O-])CCCC2)[C@@H](O)[C@H](O)C1. The van der Waals surface area contributed by atoms with Crippen LogP contribution in [0.15, 0.2) is 11.6 Å². The summed E-state index contributed by atoms with van der Waals surface area (Å²) in [5.74, 6) is -2.76. The second kappa shape index (κ2) is 9.84. The fourth-order valence-corrected chi connectivity index (χ4v) is 4.10. The van der Waals surface area contributed by atoms with Crippen LogP contribution in [0, 0.1) is 5.41 Å². The average molecular weight is 410 g/mol. The minimum Gasteiger partial charge on any atom is -0.550 e. The monoisotopic (exact) mass is 410 g/mol. The van der Waals surface area contributed by atoms with Crippen LogP contribution in [-0.4, -0.2) is 58.7 Å². The highest BCUT2D eigenvalue weighted by Crippen LogP contribution is 2.43. The van der Waals surface area contributed by atoms with E-state index in [1.54, 1.807) is 0 Å². The smallest absolute Gasteiger partial charge is 0.247 e. The molecule has 0 aromatic heterocycles. The van der Waals surface area contributed by atoms with Gasteiger partial charge in [-0.1, -0.05) is 18.9 Å². The second-order valence-electron chi connectivity index (χ2n) is 7.95. The number of rotatable bonds is 9. The number of aliphatic hydroxyl groups is 2. The van der Waals surface area contributed by atoms with E-state index in [9.17, 15) is 34.5 Å². The van der Waals surface area contributed by atoms with Crippen molar-refractivity contribution in [2.24, 2.45) is 11.1 Å². The third-order valence-corrected chi connectivity index (χ3v) is 5.57. The number of amides is 3. The Hall–Kier alpha value is -2.46. The van der Waals surface area contributed by atoms with Gasteiger partial charge in [-0.25, -0.2) is 0 Å². The molecule has 0 bridgehead atoms. The van der Waals surface area contributed by atoms with Crippen molar-refractivity contribution in [3.63, 3.8) is 0 Å². The number of hydrogen-bond donors (Lipinski definition) is 5. The summed E-state index contributed by atoms with van der Waals surface area (Å²) in [7, 11) is 0. The predicted molar refractivity (Wildman–Crippen MR) is 98.6 cm³/mol. The van der Waals surface area contributed by atoms with Gasteiger partial charge in [0, 0.05) is 37.3 Å². The van der Waals surface area contributed by atoms with E-state index >= 15 is 0 Å². The molecule has 0 unspecified atom stereocenters. The lowest BCUT2D eigenvalue weighted by molar-refractivity contribution is -0.308. The van der Waals surface area contributed by atoms with Crippen LogP contribution in [0.4, 0.5) is 0 Å². The fraction of sp³-hybridized carbons (Fsp3) is 0.684. The van der Waals surface area contributed by atoms with Crippen molar-refractivity contribution in [2.75, 3.05) is 6.54 Å². The summed E-state index contributed by atoms with van der Waals surface area (Å²) in [6, 6.07) is -0.996. The first-order valence-corrected chi connectivity index (χ1v) is 9.74. The van der Waals surface area contributed by atoms with Crippen LogP contribution >= 0.6 is 0 Å². The van der Waals surface area contributed by atoms with Gasteiger partial charge in [-0.15, -0.1) is 0 Å². The third kappa shape index (κ3) is 6.53. The zero-order valence-electron chi connectivity index (χ0n) is 16.2. The van der Waals surface area contributed by atoms with Gasteiger partial charge in [0.1, 0.15) is 6.10 Å². The van der Waals surface area contributed by atoms with Crippen LogP contribution in [0.2, 0.25) is 0 Å². The number of carbonyl (C=O) groups is 4. The number of carboxylic acids is 1. The molecule has 3 amide bonds. The van der Waals surface area contributed by atoms with Crippen LogP contribution in [0.3, 0.4) is 0 Å². The van der Waals surface area contributed by atoms with Gasteiger partial charge in [0.2, 0.25) is 17.7 Å². The number of nitrogens with one attached hydrogen (secondary N) is 2.